The van der Waals surface area contributed by atoms with Gasteiger partial charge in [-0.25, -0.2) is 0 Å². The molecule has 3 aromatic rings. The third-order valence-electron chi connectivity index (χ3n) is 6.27. The van der Waals surface area contributed by atoms with Gasteiger partial charge in [0.2, 0.25) is 0 Å². The normalized spacial score (nSPS) is 14.8. The molecule has 2 N–H and O–H groups in total. The quantitative estimate of drug-likeness (QED) is 0.242. The van der Waals surface area contributed by atoms with Crippen LogP contribution in [0.15, 0.2) is 54.1 Å². The molecule has 2 heterocycles. The van der Waals surface area contributed by atoms with E-state index in [1.807, 2.05) is 19.1 Å². The maximum Gasteiger partial charge on any atom is 0.262 e. The summed E-state index contributed by atoms with van der Waals surface area (Å²) in [6.07, 6.45) is 0. The van der Waals surface area contributed by atoms with Gasteiger partial charge < -0.3 is 20.1 Å². The number of morpholine rings is 1. The highest BCUT2D eigenvalue weighted by Gasteiger charge is 2.15. The highest BCUT2D eigenvalue weighted by Crippen LogP contribution is 2.34. The topological polar surface area (TPSA) is 86.6 Å². The summed E-state index contributed by atoms with van der Waals surface area (Å²) in [6, 6.07) is 19.0. The van der Waals surface area contributed by atoms with Crippen molar-refractivity contribution in [2.45, 2.75) is 6.92 Å². The second-order valence-corrected chi connectivity index (χ2v) is 9.77. The maximum absolute atomic E-state index is 12.4. The smallest absolute Gasteiger partial charge is 0.262 e. The molecule has 8 heteroatoms. The lowest BCUT2D eigenvalue weighted by atomic mass is 10.1. The highest BCUT2D eigenvalue weighted by atomic mass is 32.1. The van der Waals surface area contributed by atoms with Gasteiger partial charge in [0.1, 0.15) is 11.6 Å². The Balaban J connectivity index is 1.44. The van der Waals surface area contributed by atoms with Crippen LogP contribution in [0, 0.1) is 11.3 Å². The van der Waals surface area contributed by atoms with Gasteiger partial charge in [-0.2, -0.15) is 5.26 Å². The van der Waals surface area contributed by atoms with Gasteiger partial charge in [-0.1, -0.05) is 18.2 Å². The number of nitrogens with zero attached hydrogens (tertiary/aromatic N) is 2. The molecule has 7 nitrogen and oxygen atoms in total. The summed E-state index contributed by atoms with van der Waals surface area (Å²) >= 11 is 1.58. The molecule has 0 unspecified atom stereocenters. The summed E-state index contributed by atoms with van der Waals surface area (Å²) in [7, 11) is 1.57. The van der Waals surface area contributed by atoms with E-state index in [0.29, 0.717) is 18.7 Å². The summed E-state index contributed by atoms with van der Waals surface area (Å²) in [5, 5.41) is 18.2. The van der Waals surface area contributed by atoms with Gasteiger partial charge in [-0.3, -0.25) is 9.69 Å². The molecule has 1 fully saturated rings. The number of allylic oxidation sites excluding steroid dienone is 1. The zero-order valence-electron chi connectivity index (χ0n) is 20.8. The molecule has 1 amide bonds. The maximum atomic E-state index is 12.4. The van der Waals surface area contributed by atoms with E-state index >= 15 is 0 Å². The monoisotopic (exact) mass is 504 g/mol. The van der Waals surface area contributed by atoms with Crippen molar-refractivity contribution in [2.24, 2.45) is 0 Å². The van der Waals surface area contributed by atoms with Crippen LogP contribution >= 0.6 is 11.3 Å². The van der Waals surface area contributed by atoms with Crippen LogP contribution < -0.4 is 10.6 Å². The highest BCUT2D eigenvalue weighted by molar-refractivity contribution is 7.16. The standard InChI is InChI=1S/C28H32N4O3S/c1-20(25(19-29)28(33)31-10-14-34-2)26-7-8-27(36-26)23-4-3-22-18-24(6-5-21(22)17-23)30-9-11-32-12-15-35-16-13-32/h3-8,17-18,30H,9-16H2,1-2H3,(H,31,33)/b25-20+. The van der Waals surface area contributed by atoms with Crippen LogP contribution in [0.1, 0.15) is 11.8 Å². The number of nitrogens with one attached hydrogen (secondary N) is 2. The predicted octanol–water partition coefficient (Wildman–Crippen LogP) is 4.37. The average Bonchev–Trinajstić information content (AvgIpc) is 3.40. The van der Waals surface area contributed by atoms with Crippen LogP contribution in [0.4, 0.5) is 5.69 Å². The molecule has 0 bridgehead atoms. The van der Waals surface area contributed by atoms with Crippen molar-refractivity contribution in [2.75, 3.05) is 65.0 Å². The number of amides is 1. The van der Waals surface area contributed by atoms with Crippen LogP contribution in [0.2, 0.25) is 0 Å². The SMILES string of the molecule is COCCNC(=O)/C(C#N)=C(\C)c1ccc(-c2ccc3cc(NCCN4CCOCC4)ccc3c2)s1. The molecule has 188 valence electrons. The van der Waals surface area contributed by atoms with Crippen molar-refractivity contribution >= 4 is 39.3 Å². The Morgan fingerprint density at radius 3 is 2.67 bits per heavy atom. The second-order valence-electron chi connectivity index (χ2n) is 8.68. The van der Waals surface area contributed by atoms with Gasteiger partial charge in [0.15, 0.2) is 0 Å². The lowest BCUT2D eigenvalue weighted by Crippen LogP contribution is -2.38. The molecular weight excluding hydrogens is 472 g/mol. The summed E-state index contributed by atoms with van der Waals surface area (Å²) in [5.74, 6) is -0.373. The first-order valence-electron chi connectivity index (χ1n) is 12.2. The van der Waals surface area contributed by atoms with E-state index in [0.717, 1.165) is 60.4 Å². The minimum absolute atomic E-state index is 0.131. The third-order valence-corrected chi connectivity index (χ3v) is 7.52. The van der Waals surface area contributed by atoms with Gasteiger partial charge in [0.05, 0.1) is 19.8 Å². The lowest BCUT2D eigenvalue weighted by Gasteiger charge is -2.26. The fourth-order valence-corrected chi connectivity index (χ4v) is 5.18. The molecule has 0 radical (unpaired) electrons. The van der Waals surface area contributed by atoms with Crippen LogP contribution in [0.3, 0.4) is 0 Å². The molecule has 0 spiro atoms. The molecule has 1 saturated heterocycles. The van der Waals surface area contributed by atoms with Crippen LogP contribution in [0.5, 0.6) is 0 Å². The summed E-state index contributed by atoms with van der Waals surface area (Å²) in [5.41, 5.74) is 3.04. The number of ether oxygens (including phenoxy) is 2. The lowest BCUT2D eigenvalue weighted by molar-refractivity contribution is -0.117. The number of carbonyl (C=O) groups is 1. The van der Waals surface area contributed by atoms with E-state index in [4.69, 9.17) is 9.47 Å². The number of hydrogen-bond acceptors (Lipinski definition) is 7. The number of hydrogen-bond donors (Lipinski definition) is 2. The van der Waals surface area contributed by atoms with Gasteiger partial charge in [-0.05, 0) is 59.2 Å². The van der Waals surface area contributed by atoms with E-state index < -0.39 is 0 Å². The molecule has 4 rings (SSSR count). The Bertz CT molecular complexity index is 1270. The number of rotatable bonds is 10. The molecule has 0 saturated carbocycles. The molecule has 36 heavy (non-hydrogen) atoms. The van der Waals surface area contributed by atoms with Gasteiger partial charge in [0.25, 0.3) is 5.91 Å². The molecular formula is C28H32N4O3S. The van der Waals surface area contributed by atoms with Crippen LogP contribution in [-0.2, 0) is 14.3 Å². The number of methoxy groups -OCH3 is 1. The Morgan fingerprint density at radius 1 is 1.11 bits per heavy atom. The summed E-state index contributed by atoms with van der Waals surface area (Å²) in [6.45, 7) is 8.15. The van der Waals surface area contributed by atoms with Gasteiger partial charge in [-0.15, -0.1) is 11.3 Å². The number of carbonyl (C=O) groups excluding carboxylic acids is 1. The average molecular weight is 505 g/mol. The molecule has 1 aromatic heterocycles. The van der Waals surface area contributed by atoms with E-state index in [1.165, 1.54) is 10.8 Å². The van der Waals surface area contributed by atoms with E-state index in [9.17, 15) is 10.1 Å². The predicted molar refractivity (Wildman–Crippen MR) is 146 cm³/mol. The molecule has 1 aliphatic heterocycles. The van der Waals surface area contributed by atoms with Crippen molar-refractivity contribution in [3.05, 3.63) is 59.0 Å². The zero-order chi connectivity index (χ0) is 25.3. The van der Waals surface area contributed by atoms with E-state index in [1.54, 1.807) is 18.4 Å². The molecule has 0 atom stereocenters. The van der Waals surface area contributed by atoms with E-state index in [-0.39, 0.29) is 11.5 Å². The second kappa shape index (κ2) is 12.7. The number of thiophene rings is 1. The fourth-order valence-electron chi connectivity index (χ4n) is 4.17. The van der Waals surface area contributed by atoms with Crippen molar-refractivity contribution in [1.29, 1.82) is 5.26 Å². The Kier molecular flexibility index (Phi) is 9.09. The van der Waals surface area contributed by atoms with Gasteiger partial charge in [0, 0.05) is 55.3 Å². The minimum Gasteiger partial charge on any atom is -0.384 e. The van der Waals surface area contributed by atoms with Crippen molar-refractivity contribution in [3.63, 3.8) is 0 Å². The number of fused-ring (bicyclic) bond motifs is 1. The fraction of sp³-hybridized carbons (Fsp3) is 0.357. The largest absolute Gasteiger partial charge is 0.384 e. The van der Waals surface area contributed by atoms with Crippen LogP contribution in [-0.4, -0.2) is 70.5 Å². The van der Waals surface area contributed by atoms with E-state index in [2.05, 4.69) is 58.0 Å². The van der Waals surface area contributed by atoms with Gasteiger partial charge >= 0.3 is 0 Å². The minimum atomic E-state index is -0.373. The summed E-state index contributed by atoms with van der Waals surface area (Å²) in [4.78, 5) is 16.8. The van der Waals surface area contributed by atoms with Crippen molar-refractivity contribution in [3.8, 4) is 16.5 Å². The van der Waals surface area contributed by atoms with Crippen molar-refractivity contribution in [1.82, 2.24) is 10.2 Å². The Morgan fingerprint density at radius 2 is 1.89 bits per heavy atom. The van der Waals surface area contributed by atoms with Crippen molar-refractivity contribution < 1.29 is 14.3 Å². The summed E-state index contributed by atoms with van der Waals surface area (Å²) < 4.78 is 10.4. The van der Waals surface area contributed by atoms with Crippen LogP contribution in [0.25, 0.3) is 26.8 Å². The Hall–Kier alpha value is -3.22. The third kappa shape index (κ3) is 6.50. The number of nitriles is 1. The zero-order valence-corrected chi connectivity index (χ0v) is 21.6. The number of benzene rings is 2. The number of anilines is 1. The molecule has 0 aliphatic carbocycles. The molecule has 2 aromatic carbocycles. The first-order chi connectivity index (χ1) is 17.6. The molecule has 1 aliphatic rings. The first kappa shape index (κ1) is 25.9. The Labute approximate surface area is 216 Å². The first-order valence-corrected chi connectivity index (χ1v) is 13.0.